The Morgan fingerprint density at radius 2 is 2.07 bits per heavy atom. The van der Waals surface area contributed by atoms with E-state index < -0.39 is 0 Å². The van der Waals surface area contributed by atoms with Gasteiger partial charge in [-0.25, -0.2) is 0 Å². The van der Waals surface area contributed by atoms with Gasteiger partial charge >= 0.3 is 0 Å². The molecule has 1 amide bonds. The highest BCUT2D eigenvalue weighted by molar-refractivity contribution is 14.1. The number of amides is 1. The number of anilines is 1. The molecule has 76 valence electrons. The van der Waals surface area contributed by atoms with E-state index >= 15 is 0 Å². The third-order valence-electron chi connectivity index (χ3n) is 1.91. The van der Waals surface area contributed by atoms with Crippen molar-refractivity contribution in [2.24, 2.45) is 5.92 Å². The Balaban J connectivity index is 2.82. The minimum atomic E-state index is 0.0205. The van der Waals surface area contributed by atoms with Crippen LogP contribution in [-0.2, 0) is 4.79 Å². The van der Waals surface area contributed by atoms with E-state index in [-0.39, 0.29) is 11.8 Å². The first-order valence-electron chi connectivity index (χ1n) is 4.57. The second-order valence-corrected chi connectivity index (χ2v) is 4.79. The molecule has 0 fully saturated rings. The van der Waals surface area contributed by atoms with E-state index in [1.165, 1.54) is 5.56 Å². The third kappa shape index (κ3) is 2.97. The Bertz CT molecular complexity index is 347. The molecule has 14 heavy (non-hydrogen) atoms. The summed E-state index contributed by atoms with van der Waals surface area (Å²) in [4.78, 5) is 11.4. The number of benzene rings is 1. The lowest BCUT2D eigenvalue weighted by Crippen LogP contribution is -2.18. The molecule has 0 aliphatic rings. The SMILES string of the molecule is Cc1ccc(NC(=O)C(C)C)c(I)c1. The predicted molar refractivity (Wildman–Crippen MR) is 67.4 cm³/mol. The van der Waals surface area contributed by atoms with Crippen molar-refractivity contribution >= 4 is 34.2 Å². The van der Waals surface area contributed by atoms with E-state index in [0.717, 1.165) is 9.26 Å². The van der Waals surface area contributed by atoms with E-state index in [1.807, 2.05) is 32.9 Å². The molecule has 0 saturated carbocycles. The molecule has 1 N–H and O–H groups in total. The topological polar surface area (TPSA) is 29.1 Å². The highest BCUT2D eigenvalue weighted by Gasteiger charge is 2.08. The van der Waals surface area contributed by atoms with Gasteiger partial charge in [0.25, 0.3) is 0 Å². The normalized spacial score (nSPS) is 10.4. The van der Waals surface area contributed by atoms with Gasteiger partial charge in [-0.15, -0.1) is 0 Å². The van der Waals surface area contributed by atoms with Gasteiger partial charge in [-0.3, -0.25) is 4.79 Å². The molecule has 0 saturated heterocycles. The fourth-order valence-electron chi connectivity index (χ4n) is 0.999. The number of halogens is 1. The Kier molecular flexibility index (Phi) is 3.92. The fraction of sp³-hybridized carbons (Fsp3) is 0.364. The molecule has 2 nitrogen and oxygen atoms in total. The fourth-order valence-corrected chi connectivity index (χ4v) is 1.80. The van der Waals surface area contributed by atoms with Crippen LogP contribution in [0.5, 0.6) is 0 Å². The second kappa shape index (κ2) is 4.77. The predicted octanol–water partition coefficient (Wildman–Crippen LogP) is 3.19. The number of hydrogen-bond acceptors (Lipinski definition) is 1. The molecule has 0 bridgehead atoms. The van der Waals surface area contributed by atoms with E-state index in [2.05, 4.69) is 34.0 Å². The van der Waals surface area contributed by atoms with E-state index in [1.54, 1.807) is 0 Å². The molecule has 1 aromatic carbocycles. The number of aryl methyl sites for hydroxylation is 1. The molecular weight excluding hydrogens is 289 g/mol. The van der Waals surface area contributed by atoms with Gasteiger partial charge in [-0.2, -0.15) is 0 Å². The van der Waals surface area contributed by atoms with Crippen molar-refractivity contribution < 1.29 is 4.79 Å². The lowest BCUT2D eigenvalue weighted by molar-refractivity contribution is -0.118. The molecule has 0 atom stereocenters. The van der Waals surface area contributed by atoms with Crippen LogP contribution in [0, 0.1) is 16.4 Å². The standard InChI is InChI=1S/C11H14INO/c1-7(2)11(14)13-10-5-4-8(3)6-9(10)12/h4-7H,1-3H3,(H,13,14). The minimum Gasteiger partial charge on any atom is -0.325 e. The van der Waals surface area contributed by atoms with Crippen LogP contribution in [-0.4, -0.2) is 5.91 Å². The number of hydrogen-bond donors (Lipinski definition) is 1. The average molecular weight is 303 g/mol. The first-order chi connectivity index (χ1) is 6.50. The van der Waals surface area contributed by atoms with E-state index in [9.17, 15) is 4.79 Å². The molecule has 1 rings (SSSR count). The lowest BCUT2D eigenvalue weighted by Gasteiger charge is -2.09. The zero-order valence-electron chi connectivity index (χ0n) is 8.60. The molecular formula is C11H14INO. The number of nitrogens with one attached hydrogen (secondary N) is 1. The monoisotopic (exact) mass is 303 g/mol. The highest BCUT2D eigenvalue weighted by Crippen LogP contribution is 2.19. The summed E-state index contributed by atoms with van der Waals surface area (Å²) in [6.07, 6.45) is 0. The average Bonchev–Trinajstić information content (AvgIpc) is 2.09. The summed E-state index contributed by atoms with van der Waals surface area (Å²) in [6, 6.07) is 5.99. The van der Waals surface area contributed by atoms with Gasteiger partial charge < -0.3 is 5.32 Å². The van der Waals surface area contributed by atoms with Crippen LogP contribution < -0.4 is 5.32 Å². The van der Waals surface area contributed by atoms with Gasteiger partial charge in [-0.1, -0.05) is 19.9 Å². The van der Waals surface area contributed by atoms with E-state index in [0.29, 0.717) is 0 Å². The van der Waals surface area contributed by atoms with Crippen molar-refractivity contribution in [1.29, 1.82) is 0 Å². The molecule has 0 heterocycles. The van der Waals surface area contributed by atoms with Gasteiger partial charge in [0.15, 0.2) is 0 Å². The summed E-state index contributed by atoms with van der Waals surface area (Å²) in [6.45, 7) is 5.81. The summed E-state index contributed by atoms with van der Waals surface area (Å²) in [5.74, 6) is 0.0823. The summed E-state index contributed by atoms with van der Waals surface area (Å²) >= 11 is 2.23. The quantitative estimate of drug-likeness (QED) is 0.835. The van der Waals surface area contributed by atoms with Gasteiger partial charge in [0.05, 0.1) is 5.69 Å². The van der Waals surface area contributed by atoms with Crippen LogP contribution in [0.4, 0.5) is 5.69 Å². The van der Waals surface area contributed by atoms with Crippen molar-refractivity contribution in [3.8, 4) is 0 Å². The van der Waals surface area contributed by atoms with Crippen molar-refractivity contribution in [3.63, 3.8) is 0 Å². The zero-order chi connectivity index (χ0) is 10.7. The lowest BCUT2D eigenvalue weighted by atomic mass is 10.2. The Labute approximate surface area is 98.2 Å². The molecule has 0 aromatic heterocycles. The molecule has 0 radical (unpaired) electrons. The van der Waals surface area contributed by atoms with Crippen LogP contribution >= 0.6 is 22.6 Å². The van der Waals surface area contributed by atoms with Crippen molar-refractivity contribution in [2.75, 3.05) is 5.32 Å². The summed E-state index contributed by atoms with van der Waals surface area (Å²) in [5.41, 5.74) is 2.10. The van der Waals surface area contributed by atoms with Gasteiger partial charge in [-0.05, 0) is 47.2 Å². The van der Waals surface area contributed by atoms with Gasteiger partial charge in [0, 0.05) is 9.49 Å². The smallest absolute Gasteiger partial charge is 0.226 e. The summed E-state index contributed by atoms with van der Waals surface area (Å²) in [7, 11) is 0. The number of carbonyl (C=O) groups excluding carboxylic acids is 1. The molecule has 0 spiro atoms. The summed E-state index contributed by atoms with van der Waals surface area (Å²) < 4.78 is 1.08. The minimum absolute atomic E-state index is 0.0205. The van der Waals surface area contributed by atoms with Crippen LogP contribution in [0.25, 0.3) is 0 Å². The Morgan fingerprint density at radius 1 is 1.43 bits per heavy atom. The van der Waals surface area contributed by atoms with Crippen LogP contribution in [0.2, 0.25) is 0 Å². The van der Waals surface area contributed by atoms with E-state index in [4.69, 9.17) is 0 Å². The number of rotatable bonds is 2. The first-order valence-corrected chi connectivity index (χ1v) is 5.65. The Hall–Kier alpha value is -0.580. The van der Waals surface area contributed by atoms with Crippen molar-refractivity contribution in [1.82, 2.24) is 0 Å². The molecule has 0 aliphatic carbocycles. The summed E-state index contributed by atoms with van der Waals surface area (Å²) in [5, 5.41) is 2.89. The van der Waals surface area contributed by atoms with Crippen molar-refractivity contribution in [2.45, 2.75) is 20.8 Å². The van der Waals surface area contributed by atoms with Crippen LogP contribution in [0.1, 0.15) is 19.4 Å². The zero-order valence-corrected chi connectivity index (χ0v) is 10.8. The first kappa shape index (κ1) is 11.5. The highest BCUT2D eigenvalue weighted by atomic mass is 127. The maximum absolute atomic E-state index is 11.4. The van der Waals surface area contributed by atoms with Crippen molar-refractivity contribution in [3.05, 3.63) is 27.3 Å². The van der Waals surface area contributed by atoms with Crippen LogP contribution in [0.15, 0.2) is 18.2 Å². The molecule has 0 unspecified atom stereocenters. The second-order valence-electron chi connectivity index (χ2n) is 3.63. The largest absolute Gasteiger partial charge is 0.325 e. The molecule has 0 aliphatic heterocycles. The molecule has 3 heteroatoms. The van der Waals surface area contributed by atoms with Gasteiger partial charge in [0.2, 0.25) is 5.91 Å². The maximum atomic E-state index is 11.4. The Morgan fingerprint density at radius 3 is 2.57 bits per heavy atom. The van der Waals surface area contributed by atoms with Crippen LogP contribution in [0.3, 0.4) is 0 Å². The number of carbonyl (C=O) groups is 1. The third-order valence-corrected chi connectivity index (χ3v) is 2.80. The maximum Gasteiger partial charge on any atom is 0.226 e. The molecule has 1 aromatic rings. The van der Waals surface area contributed by atoms with Gasteiger partial charge in [0.1, 0.15) is 0 Å².